The fourth-order valence-corrected chi connectivity index (χ4v) is 3.40. The molecule has 2 aliphatic rings. The van der Waals surface area contributed by atoms with E-state index >= 15 is 0 Å². The summed E-state index contributed by atoms with van der Waals surface area (Å²) in [6.45, 7) is 2.25. The van der Waals surface area contributed by atoms with E-state index in [2.05, 4.69) is 32.4 Å². The summed E-state index contributed by atoms with van der Waals surface area (Å²) in [4.78, 5) is 32.1. The van der Waals surface area contributed by atoms with Crippen LogP contribution in [0.25, 0.3) is 10.9 Å². The number of rotatable bonds is 4. The molecule has 4 heterocycles. The molecule has 0 bridgehead atoms. The Morgan fingerprint density at radius 2 is 2.10 bits per heavy atom. The molecule has 3 aromatic rings. The zero-order valence-corrected chi connectivity index (χ0v) is 16.1. The Morgan fingerprint density at radius 3 is 2.93 bits per heavy atom. The number of fused-ring (bicyclic) bond motifs is 2. The summed E-state index contributed by atoms with van der Waals surface area (Å²) in [7, 11) is 0. The molecule has 5 rings (SSSR count). The fraction of sp³-hybridized carbons (Fsp3) is 0.150. The number of nitrogens with zero attached hydrogens (tertiary/aromatic N) is 5. The molecule has 2 aromatic heterocycles. The van der Waals surface area contributed by atoms with Crippen LogP contribution in [0.1, 0.15) is 18.2 Å². The number of carbonyl (C=O) groups excluding carboxylic acids is 2. The average molecular weight is 402 g/mol. The molecule has 0 unspecified atom stereocenters. The van der Waals surface area contributed by atoms with Gasteiger partial charge in [-0.1, -0.05) is 12.1 Å². The SMILES string of the molecule is C/C(=N\N1CC(=O)NC1=O)c1ccc2c(n1)N(Cc1ccc3ncccc3c1)NN2. The number of nitrogens with one attached hydrogen (secondary N) is 3. The van der Waals surface area contributed by atoms with E-state index in [-0.39, 0.29) is 12.5 Å². The van der Waals surface area contributed by atoms with Crippen LogP contribution in [-0.2, 0) is 11.3 Å². The van der Waals surface area contributed by atoms with Crippen molar-refractivity contribution in [2.24, 2.45) is 5.10 Å². The van der Waals surface area contributed by atoms with E-state index in [0.717, 1.165) is 33.0 Å². The first kappa shape index (κ1) is 18.0. The highest BCUT2D eigenvalue weighted by atomic mass is 16.2. The van der Waals surface area contributed by atoms with Gasteiger partial charge in [-0.25, -0.2) is 14.8 Å². The molecule has 10 heteroatoms. The van der Waals surface area contributed by atoms with Gasteiger partial charge in [-0.3, -0.25) is 20.1 Å². The Bertz CT molecular complexity index is 1210. The van der Waals surface area contributed by atoms with Crippen LogP contribution in [0.4, 0.5) is 16.3 Å². The van der Waals surface area contributed by atoms with Crippen LogP contribution < -0.4 is 21.3 Å². The molecule has 1 aromatic carbocycles. The lowest BCUT2D eigenvalue weighted by Gasteiger charge is -2.17. The van der Waals surface area contributed by atoms with Gasteiger partial charge in [0.2, 0.25) is 5.91 Å². The third-order valence-electron chi connectivity index (χ3n) is 4.88. The van der Waals surface area contributed by atoms with Gasteiger partial charge in [0.15, 0.2) is 5.82 Å². The molecule has 0 atom stereocenters. The van der Waals surface area contributed by atoms with Crippen molar-refractivity contribution in [3.8, 4) is 0 Å². The second-order valence-electron chi connectivity index (χ2n) is 7.02. The minimum absolute atomic E-state index is 0.0901. The zero-order chi connectivity index (χ0) is 20.7. The Balaban J connectivity index is 1.40. The number of hydrazine groups is 2. The van der Waals surface area contributed by atoms with Crippen LogP contribution >= 0.6 is 0 Å². The second-order valence-corrected chi connectivity index (χ2v) is 7.02. The highest BCUT2D eigenvalue weighted by molar-refractivity contribution is 6.04. The number of hydrazone groups is 1. The third-order valence-corrected chi connectivity index (χ3v) is 4.88. The quantitative estimate of drug-likeness (QED) is 0.450. The number of pyridine rings is 2. The van der Waals surface area contributed by atoms with E-state index in [1.165, 1.54) is 0 Å². The molecule has 0 radical (unpaired) electrons. The molecule has 0 spiro atoms. The molecule has 1 saturated heterocycles. The first-order valence-electron chi connectivity index (χ1n) is 9.38. The largest absolute Gasteiger partial charge is 0.345 e. The van der Waals surface area contributed by atoms with Gasteiger partial charge in [-0.05, 0) is 42.8 Å². The van der Waals surface area contributed by atoms with E-state index in [0.29, 0.717) is 18.0 Å². The highest BCUT2D eigenvalue weighted by Crippen LogP contribution is 2.28. The van der Waals surface area contributed by atoms with Crippen LogP contribution in [0.5, 0.6) is 0 Å². The fourth-order valence-electron chi connectivity index (χ4n) is 3.40. The van der Waals surface area contributed by atoms with Gasteiger partial charge in [0.1, 0.15) is 6.54 Å². The number of hydrogen-bond donors (Lipinski definition) is 3. The molecule has 3 amide bonds. The molecule has 150 valence electrons. The summed E-state index contributed by atoms with van der Waals surface area (Å²) < 4.78 is 0. The van der Waals surface area contributed by atoms with E-state index in [1.54, 1.807) is 13.1 Å². The summed E-state index contributed by atoms with van der Waals surface area (Å²) in [5.41, 5.74) is 10.2. The van der Waals surface area contributed by atoms with Crippen molar-refractivity contribution >= 4 is 40.1 Å². The van der Waals surface area contributed by atoms with E-state index in [1.807, 2.05) is 41.4 Å². The number of carbonyl (C=O) groups is 2. The number of amides is 3. The number of imide groups is 1. The van der Waals surface area contributed by atoms with Gasteiger partial charge in [-0.2, -0.15) is 5.10 Å². The molecule has 2 aliphatic heterocycles. The lowest BCUT2D eigenvalue weighted by atomic mass is 10.1. The lowest BCUT2D eigenvalue weighted by molar-refractivity contribution is -0.118. The van der Waals surface area contributed by atoms with E-state index in [4.69, 9.17) is 4.98 Å². The van der Waals surface area contributed by atoms with Crippen molar-refractivity contribution in [1.82, 2.24) is 25.8 Å². The predicted molar refractivity (Wildman–Crippen MR) is 111 cm³/mol. The van der Waals surface area contributed by atoms with Crippen LogP contribution in [0.3, 0.4) is 0 Å². The molecule has 3 N–H and O–H groups in total. The van der Waals surface area contributed by atoms with Gasteiger partial charge in [0.25, 0.3) is 0 Å². The molecule has 1 fully saturated rings. The molecular formula is C20H18N8O2. The van der Waals surface area contributed by atoms with Gasteiger partial charge in [-0.15, -0.1) is 5.53 Å². The van der Waals surface area contributed by atoms with Crippen molar-refractivity contribution in [1.29, 1.82) is 0 Å². The normalized spacial score (nSPS) is 16.1. The van der Waals surface area contributed by atoms with Gasteiger partial charge >= 0.3 is 6.03 Å². The summed E-state index contributed by atoms with van der Waals surface area (Å²) in [5.74, 6) is 0.346. The Labute approximate surface area is 171 Å². The maximum Gasteiger partial charge on any atom is 0.345 e. The van der Waals surface area contributed by atoms with Crippen molar-refractivity contribution in [2.45, 2.75) is 13.5 Å². The predicted octanol–water partition coefficient (Wildman–Crippen LogP) is 1.76. The lowest BCUT2D eigenvalue weighted by Crippen LogP contribution is -2.35. The molecular weight excluding hydrogens is 384 g/mol. The minimum atomic E-state index is -0.531. The van der Waals surface area contributed by atoms with Crippen molar-refractivity contribution in [3.05, 3.63) is 59.9 Å². The topological polar surface area (TPSA) is 115 Å². The molecule has 30 heavy (non-hydrogen) atoms. The standard InChI is InChI=1S/C20H18N8O2/c1-12(25-28-11-18(29)23-20(28)30)15-6-7-17-19(22-15)27(26-24-17)10-13-4-5-16-14(9-13)3-2-8-21-16/h2-9,24,26H,10-11H2,1H3,(H,23,29,30)/b25-12+. The molecule has 10 nitrogen and oxygen atoms in total. The maximum absolute atomic E-state index is 11.7. The van der Waals surface area contributed by atoms with Crippen LogP contribution in [0.2, 0.25) is 0 Å². The first-order chi connectivity index (χ1) is 14.6. The summed E-state index contributed by atoms with van der Waals surface area (Å²) in [6, 6.07) is 13.3. The van der Waals surface area contributed by atoms with Crippen LogP contribution in [0.15, 0.2) is 53.8 Å². The van der Waals surface area contributed by atoms with E-state index < -0.39 is 6.03 Å². The highest BCUT2D eigenvalue weighted by Gasteiger charge is 2.27. The number of hydrogen-bond acceptors (Lipinski definition) is 8. The van der Waals surface area contributed by atoms with Crippen molar-refractivity contribution < 1.29 is 9.59 Å². The van der Waals surface area contributed by atoms with E-state index in [9.17, 15) is 9.59 Å². The molecule has 0 saturated carbocycles. The smallest absolute Gasteiger partial charge is 0.300 e. The van der Waals surface area contributed by atoms with Crippen molar-refractivity contribution in [3.63, 3.8) is 0 Å². The third kappa shape index (κ3) is 3.29. The number of aromatic nitrogens is 2. The maximum atomic E-state index is 11.7. The Morgan fingerprint density at radius 1 is 1.20 bits per heavy atom. The number of urea groups is 1. The van der Waals surface area contributed by atoms with Gasteiger partial charge in [0.05, 0.1) is 29.2 Å². The second kappa shape index (κ2) is 7.08. The average Bonchev–Trinajstić information content (AvgIpc) is 3.29. The molecule has 0 aliphatic carbocycles. The van der Waals surface area contributed by atoms with Crippen molar-refractivity contribution in [2.75, 3.05) is 17.0 Å². The first-order valence-corrected chi connectivity index (χ1v) is 9.38. The number of anilines is 2. The van der Waals surface area contributed by atoms with Crippen LogP contribution in [0, 0.1) is 0 Å². The Kier molecular flexibility index (Phi) is 4.25. The van der Waals surface area contributed by atoms with Gasteiger partial charge < -0.3 is 5.43 Å². The minimum Gasteiger partial charge on any atom is -0.300 e. The van der Waals surface area contributed by atoms with Crippen LogP contribution in [-0.4, -0.2) is 39.2 Å². The summed E-state index contributed by atoms with van der Waals surface area (Å²) in [5, 5.41) is 10.5. The van der Waals surface area contributed by atoms with Gasteiger partial charge in [0, 0.05) is 11.6 Å². The summed E-state index contributed by atoms with van der Waals surface area (Å²) in [6.07, 6.45) is 1.78. The monoisotopic (exact) mass is 402 g/mol. The Hall–Kier alpha value is -4.05. The zero-order valence-electron chi connectivity index (χ0n) is 16.1. The number of benzene rings is 1. The summed E-state index contributed by atoms with van der Waals surface area (Å²) >= 11 is 0.